The number of hydrogen-bond acceptors (Lipinski definition) is 6. The van der Waals surface area contributed by atoms with Crippen LogP contribution in [0, 0.1) is 0 Å². The zero-order valence-corrected chi connectivity index (χ0v) is 14.5. The number of hydrogen-bond donors (Lipinski definition) is 3. The summed E-state index contributed by atoms with van der Waals surface area (Å²) in [5, 5.41) is 0. The van der Waals surface area contributed by atoms with Gasteiger partial charge in [0.25, 0.3) is 5.91 Å². The number of carbonyl (C=O) groups is 1. The molecule has 0 atom stereocenters. The smallest absolute Gasteiger partial charge is 0.270 e. The van der Waals surface area contributed by atoms with Gasteiger partial charge in [-0.3, -0.25) is 15.6 Å². The lowest BCUT2D eigenvalue weighted by atomic mass is 10.2. The molecule has 2 aromatic carbocycles. The molecule has 1 heterocycles. The Morgan fingerprint density at radius 2 is 1.76 bits per heavy atom. The molecule has 0 aliphatic heterocycles. The van der Waals surface area contributed by atoms with E-state index in [1.54, 1.807) is 30.3 Å². The number of nitrogen functional groups attached to an aromatic ring is 1. The topological polar surface area (TPSA) is 102 Å². The Kier molecular flexibility index (Phi) is 5.10. The molecule has 0 spiro atoms. The average molecular weight is 400 g/mol. The van der Waals surface area contributed by atoms with E-state index in [0.29, 0.717) is 15.8 Å². The van der Waals surface area contributed by atoms with E-state index in [4.69, 9.17) is 10.5 Å². The largest absolute Gasteiger partial charge is 0.437 e. The van der Waals surface area contributed by atoms with Crippen LogP contribution in [0.4, 0.5) is 11.5 Å². The molecule has 3 rings (SSSR count). The third-order valence-corrected chi connectivity index (χ3v) is 3.91. The SMILES string of the molecule is Nc1c(NNC(=O)c2ccccc2Br)ncnc1Oc1ccccc1. The number of halogens is 1. The van der Waals surface area contributed by atoms with Gasteiger partial charge in [0.15, 0.2) is 5.82 Å². The minimum Gasteiger partial charge on any atom is -0.437 e. The molecule has 0 saturated heterocycles. The molecule has 4 N–H and O–H groups in total. The van der Waals surface area contributed by atoms with Crippen LogP contribution in [-0.2, 0) is 0 Å². The highest BCUT2D eigenvalue weighted by atomic mass is 79.9. The zero-order valence-electron chi connectivity index (χ0n) is 12.9. The third kappa shape index (κ3) is 4.04. The molecule has 1 amide bonds. The predicted molar refractivity (Wildman–Crippen MR) is 98.2 cm³/mol. The molecule has 7 nitrogen and oxygen atoms in total. The fourth-order valence-corrected chi connectivity index (χ4v) is 2.45. The van der Waals surface area contributed by atoms with Gasteiger partial charge in [-0.15, -0.1) is 0 Å². The summed E-state index contributed by atoms with van der Waals surface area (Å²) in [7, 11) is 0. The van der Waals surface area contributed by atoms with Gasteiger partial charge in [-0.05, 0) is 40.2 Å². The number of nitrogens with zero attached hydrogens (tertiary/aromatic N) is 2. The van der Waals surface area contributed by atoms with Crippen molar-refractivity contribution in [3.05, 3.63) is 71.0 Å². The molecule has 0 bridgehead atoms. The molecule has 3 aromatic rings. The minimum atomic E-state index is -0.337. The Morgan fingerprint density at radius 3 is 2.52 bits per heavy atom. The molecule has 0 aliphatic rings. The number of amides is 1. The summed E-state index contributed by atoms with van der Waals surface area (Å²) in [6.45, 7) is 0. The fraction of sp³-hybridized carbons (Fsp3) is 0. The number of nitrogens with one attached hydrogen (secondary N) is 2. The van der Waals surface area contributed by atoms with Crippen LogP contribution in [0.1, 0.15) is 10.4 Å². The van der Waals surface area contributed by atoms with Gasteiger partial charge in [0, 0.05) is 4.47 Å². The third-order valence-electron chi connectivity index (χ3n) is 3.22. The number of nitrogens with two attached hydrogens (primary N) is 1. The summed E-state index contributed by atoms with van der Waals surface area (Å²) in [4.78, 5) is 20.2. The number of carbonyl (C=O) groups excluding carboxylic acids is 1. The first-order valence-corrected chi connectivity index (χ1v) is 8.08. The molecule has 0 unspecified atom stereocenters. The maximum Gasteiger partial charge on any atom is 0.270 e. The van der Waals surface area contributed by atoms with E-state index in [9.17, 15) is 4.79 Å². The maximum atomic E-state index is 12.2. The number of hydrazine groups is 1. The predicted octanol–water partition coefficient (Wildman–Crippen LogP) is 3.37. The van der Waals surface area contributed by atoms with E-state index in [2.05, 4.69) is 36.7 Å². The molecule has 126 valence electrons. The van der Waals surface area contributed by atoms with Gasteiger partial charge in [0.2, 0.25) is 5.88 Å². The Labute approximate surface area is 152 Å². The second-order valence-corrected chi connectivity index (χ2v) is 5.77. The first kappa shape index (κ1) is 16.7. The molecular formula is C17H14BrN5O2. The summed E-state index contributed by atoms with van der Waals surface area (Å²) in [6.07, 6.45) is 1.29. The monoisotopic (exact) mass is 399 g/mol. The average Bonchev–Trinajstić information content (AvgIpc) is 2.63. The van der Waals surface area contributed by atoms with Crippen LogP contribution in [0.2, 0.25) is 0 Å². The Bertz CT molecular complexity index is 889. The van der Waals surface area contributed by atoms with Crippen LogP contribution in [0.5, 0.6) is 11.6 Å². The second kappa shape index (κ2) is 7.63. The molecule has 8 heteroatoms. The lowest BCUT2D eigenvalue weighted by Crippen LogP contribution is -2.30. The lowest BCUT2D eigenvalue weighted by molar-refractivity contribution is 0.0961. The molecule has 0 saturated carbocycles. The molecule has 25 heavy (non-hydrogen) atoms. The van der Waals surface area contributed by atoms with Crippen molar-refractivity contribution in [2.24, 2.45) is 0 Å². The van der Waals surface area contributed by atoms with E-state index >= 15 is 0 Å². The van der Waals surface area contributed by atoms with Gasteiger partial charge in [0.1, 0.15) is 17.8 Å². The van der Waals surface area contributed by atoms with Crippen molar-refractivity contribution in [3.63, 3.8) is 0 Å². The van der Waals surface area contributed by atoms with Crippen LogP contribution in [0.25, 0.3) is 0 Å². The normalized spacial score (nSPS) is 10.1. The summed E-state index contributed by atoms with van der Waals surface area (Å²) in [5.41, 5.74) is 11.9. The summed E-state index contributed by atoms with van der Waals surface area (Å²) >= 11 is 3.33. The van der Waals surface area contributed by atoms with Crippen molar-refractivity contribution in [3.8, 4) is 11.6 Å². The van der Waals surface area contributed by atoms with Crippen molar-refractivity contribution in [1.82, 2.24) is 15.4 Å². The summed E-state index contributed by atoms with van der Waals surface area (Å²) in [6, 6.07) is 16.2. The van der Waals surface area contributed by atoms with E-state index in [1.807, 2.05) is 24.3 Å². The first-order chi connectivity index (χ1) is 12.1. The van der Waals surface area contributed by atoms with Crippen molar-refractivity contribution in [2.45, 2.75) is 0 Å². The Balaban J connectivity index is 1.72. The number of aromatic nitrogens is 2. The van der Waals surface area contributed by atoms with Crippen molar-refractivity contribution in [2.75, 3.05) is 11.2 Å². The first-order valence-electron chi connectivity index (χ1n) is 7.29. The molecular weight excluding hydrogens is 386 g/mol. The quantitative estimate of drug-likeness (QED) is 0.568. The Morgan fingerprint density at radius 1 is 1.04 bits per heavy atom. The van der Waals surface area contributed by atoms with Crippen LogP contribution in [-0.4, -0.2) is 15.9 Å². The Hall–Kier alpha value is -3.13. The zero-order chi connectivity index (χ0) is 17.6. The van der Waals surface area contributed by atoms with Gasteiger partial charge >= 0.3 is 0 Å². The number of rotatable bonds is 5. The van der Waals surface area contributed by atoms with E-state index in [0.717, 1.165) is 0 Å². The molecule has 0 aliphatic carbocycles. The van der Waals surface area contributed by atoms with Crippen molar-refractivity contribution in [1.29, 1.82) is 0 Å². The van der Waals surface area contributed by atoms with Crippen LogP contribution < -0.4 is 21.3 Å². The van der Waals surface area contributed by atoms with E-state index in [1.165, 1.54) is 6.33 Å². The minimum absolute atomic E-state index is 0.179. The van der Waals surface area contributed by atoms with Crippen LogP contribution in [0.15, 0.2) is 65.4 Å². The van der Waals surface area contributed by atoms with Crippen molar-refractivity contribution >= 4 is 33.3 Å². The maximum absolute atomic E-state index is 12.2. The van der Waals surface area contributed by atoms with Gasteiger partial charge in [-0.25, -0.2) is 4.98 Å². The fourth-order valence-electron chi connectivity index (χ4n) is 1.99. The second-order valence-electron chi connectivity index (χ2n) is 4.92. The molecule has 0 fully saturated rings. The highest BCUT2D eigenvalue weighted by Crippen LogP contribution is 2.28. The van der Waals surface area contributed by atoms with Crippen LogP contribution >= 0.6 is 15.9 Å². The lowest BCUT2D eigenvalue weighted by Gasteiger charge is -2.12. The highest BCUT2D eigenvalue weighted by Gasteiger charge is 2.13. The summed E-state index contributed by atoms with van der Waals surface area (Å²) < 4.78 is 6.30. The standard InChI is InChI=1S/C17H14BrN5O2/c18-13-9-5-4-8-12(13)16(24)23-22-15-14(19)17(21-10-20-15)25-11-6-2-1-3-7-11/h1-10H,19H2,(H,23,24)(H,20,21,22). The van der Waals surface area contributed by atoms with Gasteiger partial charge in [0.05, 0.1) is 5.56 Å². The number of anilines is 2. The number of ether oxygens (including phenoxy) is 1. The number of para-hydroxylation sites is 1. The van der Waals surface area contributed by atoms with E-state index < -0.39 is 0 Å². The molecule has 1 aromatic heterocycles. The van der Waals surface area contributed by atoms with E-state index in [-0.39, 0.29) is 23.3 Å². The van der Waals surface area contributed by atoms with Crippen LogP contribution in [0.3, 0.4) is 0 Å². The molecule has 0 radical (unpaired) electrons. The highest BCUT2D eigenvalue weighted by molar-refractivity contribution is 9.10. The summed E-state index contributed by atoms with van der Waals surface area (Å²) in [5.74, 6) is 0.687. The van der Waals surface area contributed by atoms with Gasteiger partial charge < -0.3 is 10.5 Å². The van der Waals surface area contributed by atoms with Gasteiger partial charge in [-0.1, -0.05) is 30.3 Å². The van der Waals surface area contributed by atoms with Crippen molar-refractivity contribution < 1.29 is 9.53 Å². The van der Waals surface area contributed by atoms with Gasteiger partial charge in [-0.2, -0.15) is 4.98 Å². The number of benzene rings is 2.